The standard InChI is InChI=1S/C26H31N3O3/c30-20-22-14-16-29(17-15-22)19-21-8-11-24(12-9-21)31-18-4-5-23-10-13-26(28-27-23)32-25-6-2-1-3-7-25/h1-3,6-13,22,30H,4-5,14-20H2. The molecule has 168 valence electrons. The van der Waals surface area contributed by atoms with E-state index in [9.17, 15) is 5.11 Å². The van der Waals surface area contributed by atoms with Crippen LogP contribution in [-0.4, -0.2) is 46.5 Å². The fourth-order valence-electron chi connectivity index (χ4n) is 3.86. The Bertz CT molecular complexity index is 925. The number of benzene rings is 2. The number of piperidine rings is 1. The number of para-hydroxylation sites is 1. The third-order valence-electron chi connectivity index (χ3n) is 5.80. The van der Waals surface area contributed by atoms with Crippen LogP contribution < -0.4 is 9.47 Å². The van der Waals surface area contributed by atoms with E-state index in [0.717, 1.165) is 62.5 Å². The number of aromatic nitrogens is 2. The van der Waals surface area contributed by atoms with Crippen molar-refractivity contribution in [2.75, 3.05) is 26.3 Å². The van der Waals surface area contributed by atoms with Gasteiger partial charge in [0.05, 0.1) is 12.3 Å². The van der Waals surface area contributed by atoms with Crippen molar-refractivity contribution < 1.29 is 14.6 Å². The average molecular weight is 434 g/mol. The number of aliphatic hydroxyl groups excluding tert-OH is 1. The van der Waals surface area contributed by atoms with E-state index < -0.39 is 0 Å². The van der Waals surface area contributed by atoms with Gasteiger partial charge in [0.25, 0.3) is 0 Å². The Kier molecular flexibility index (Phi) is 8.06. The number of hydrogen-bond acceptors (Lipinski definition) is 6. The summed E-state index contributed by atoms with van der Waals surface area (Å²) in [6, 6.07) is 21.7. The van der Waals surface area contributed by atoms with Gasteiger partial charge in [-0.1, -0.05) is 30.3 Å². The molecule has 0 spiro atoms. The molecule has 0 aliphatic carbocycles. The van der Waals surface area contributed by atoms with Gasteiger partial charge < -0.3 is 14.6 Å². The van der Waals surface area contributed by atoms with Crippen molar-refractivity contribution in [3.8, 4) is 17.4 Å². The normalized spacial score (nSPS) is 14.9. The van der Waals surface area contributed by atoms with Crippen LogP contribution in [-0.2, 0) is 13.0 Å². The van der Waals surface area contributed by atoms with Crippen LogP contribution in [0.1, 0.15) is 30.5 Å². The molecule has 2 heterocycles. The van der Waals surface area contributed by atoms with Crippen molar-refractivity contribution in [3.63, 3.8) is 0 Å². The summed E-state index contributed by atoms with van der Waals surface area (Å²) < 4.78 is 11.6. The van der Waals surface area contributed by atoms with Crippen molar-refractivity contribution in [2.45, 2.75) is 32.2 Å². The van der Waals surface area contributed by atoms with Gasteiger partial charge in [-0.3, -0.25) is 4.90 Å². The summed E-state index contributed by atoms with van der Waals surface area (Å²) in [5.41, 5.74) is 2.22. The molecule has 1 aliphatic rings. The Morgan fingerprint density at radius 1 is 0.875 bits per heavy atom. The van der Waals surface area contributed by atoms with Gasteiger partial charge in [0.2, 0.25) is 5.88 Å². The Hall–Kier alpha value is -2.96. The predicted octanol–water partition coefficient (Wildman–Crippen LogP) is 4.48. The van der Waals surface area contributed by atoms with E-state index in [1.54, 1.807) is 0 Å². The maximum absolute atomic E-state index is 9.27. The van der Waals surface area contributed by atoms with Crippen LogP contribution in [0.15, 0.2) is 66.7 Å². The lowest BCUT2D eigenvalue weighted by molar-refractivity contribution is 0.127. The molecule has 6 nitrogen and oxygen atoms in total. The number of aliphatic hydroxyl groups is 1. The molecule has 32 heavy (non-hydrogen) atoms. The quantitative estimate of drug-likeness (QED) is 0.476. The molecule has 2 aromatic carbocycles. The summed E-state index contributed by atoms with van der Waals surface area (Å²) >= 11 is 0. The summed E-state index contributed by atoms with van der Waals surface area (Å²) in [5, 5.41) is 17.7. The van der Waals surface area contributed by atoms with Crippen molar-refractivity contribution >= 4 is 0 Å². The second-order valence-corrected chi connectivity index (χ2v) is 8.28. The van der Waals surface area contributed by atoms with Gasteiger partial charge >= 0.3 is 0 Å². The molecule has 4 rings (SSSR count). The maximum Gasteiger partial charge on any atom is 0.238 e. The lowest BCUT2D eigenvalue weighted by atomic mass is 9.97. The zero-order chi connectivity index (χ0) is 22.0. The van der Waals surface area contributed by atoms with E-state index in [0.29, 0.717) is 25.0 Å². The Balaban J connectivity index is 1.15. The minimum Gasteiger partial charge on any atom is -0.494 e. The summed E-state index contributed by atoms with van der Waals surface area (Å²) in [6.07, 6.45) is 3.85. The number of hydrogen-bond donors (Lipinski definition) is 1. The van der Waals surface area contributed by atoms with Crippen LogP contribution in [0.3, 0.4) is 0 Å². The third-order valence-corrected chi connectivity index (χ3v) is 5.80. The lowest BCUT2D eigenvalue weighted by Crippen LogP contribution is -2.34. The van der Waals surface area contributed by atoms with Gasteiger partial charge in [-0.25, -0.2) is 0 Å². The van der Waals surface area contributed by atoms with Gasteiger partial charge in [0, 0.05) is 19.2 Å². The van der Waals surface area contributed by atoms with Crippen LogP contribution >= 0.6 is 0 Å². The topological polar surface area (TPSA) is 67.7 Å². The number of aryl methyl sites for hydroxylation is 1. The lowest BCUT2D eigenvalue weighted by Gasteiger charge is -2.31. The summed E-state index contributed by atoms with van der Waals surface area (Å²) in [5.74, 6) is 2.62. The number of nitrogens with zero attached hydrogens (tertiary/aromatic N) is 3. The molecule has 1 aliphatic heterocycles. The molecule has 1 fully saturated rings. The molecule has 1 N–H and O–H groups in total. The van der Waals surface area contributed by atoms with Crippen molar-refractivity contribution in [1.29, 1.82) is 0 Å². The van der Waals surface area contributed by atoms with E-state index >= 15 is 0 Å². The minimum atomic E-state index is 0.320. The highest BCUT2D eigenvalue weighted by Crippen LogP contribution is 2.20. The molecule has 3 aromatic rings. The van der Waals surface area contributed by atoms with Crippen LogP contribution in [0.25, 0.3) is 0 Å². The highest BCUT2D eigenvalue weighted by Gasteiger charge is 2.18. The van der Waals surface area contributed by atoms with Gasteiger partial charge in [-0.2, -0.15) is 5.10 Å². The molecular weight excluding hydrogens is 402 g/mol. The molecule has 1 saturated heterocycles. The molecular formula is C26H31N3O3. The molecule has 0 bridgehead atoms. The molecule has 0 unspecified atom stereocenters. The number of likely N-dealkylation sites (tertiary alicyclic amines) is 1. The van der Waals surface area contributed by atoms with Gasteiger partial charge in [0.15, 0.2) is 0 Å². The highest BCUT2D eigenvalue weighted by molar-refractivity contribution is 5.28. The van der Waals surface area contributed by atoms with Crippen LogP contribution in [0.2, 0.25) is 0 Å². The van der Waals surface area contributed by atoms with Crippen molar-refractivity contribution in [3.05, 3.63) is 78.0 Å². The van der Waals surface area contributed by atoms with Crippen molar-refractivity contribution in [1.82, 2.24) is 15.1 Å². The Morgan fingerprint density at radius 2 is 1.66 bits per heavy atom. The summed E-state index contributed by atoms with van der Waals surface area (Å²) in [6.45, 7) is 4.04. The highest BCUT2D eigenvalue weighted by atomic mass is 16.5. The summed E-state index contributed by atoms with van der Waals surface area (Å²) in [7, 11) is 0. The average Bonchev–Trinajstić information content (AvgIpc) is 2.85. The third kappa shape index (κ3) is 6.77. The van der Waals surface area contributed by atoms with Gasteiger partial charge in [-0.15, -0.1) is 5.10 Å². The smallest absolute Gasteiger partial charge is 0.238 e. The van der Waals surface area contributed by atoms with Gasteiger partial charge in [0.1, 0.15) is 11.5 Å². The first-order valence-corrected chi connectivity index (χ1v) is 11.4. The fraction of sp³-hybridized carbons (Fsp3) is 0.385. The monoisotopic (exact) mass is 433 g/mol. The molecule has 0 amide bonds. The first-order valence-electron chi connectivity index (χ1n) is 11.4. The number of rotatable bonds is 10. The zero-order valence-corrected chi connectivity index (χ0v) is 18.4. The molecule has 1 aromatic heterocycles. The summed E-state index contributed by atoms with van der Waals surface area (Å²) in [4.78, 5) is 2.46. The Labute approximate surface area is 189 Å². The first kappa shape index (κ1) is 22.2. The first-order chi connectivity index (χ1) is 15.8. The fourth-order valence-corrected chi connectivity index (χ4v) is 3.86. The van der Waals surface area contributed by atoms with Crippen molar-refractivity contribution in [2.24, 2.45) is 5.92 Å². The molecule has 6 heteroatoms. The second-order valence-electron chi connectivity index (χ2n) is 8.28. The molecule has 0 saturated carbocycles. The van der Waals surface area contributed by atoms with E-state index in [1.165, 1.54) is 5.56 Å². The maximum atomic E-state index is 9.27. The SMILES string of the molecule is OCC1CCN(Cc2ccc(OCCCc3ccc(Oc4ccccc4)nn3)cc2)CC1. The van der Waals surface area contributed by atoms with Crippen LogP contribution in [0, 0.1) is 5.92 Å². The zero-order valence-electron chi connectivity index (χ0n) is 18.4. The van der Waals surface area contributed by atoms with E-state index in [2.05, 4.69) is 27.2 Å². The van der Waals surface area contributed by atoms with E-state index in [1.807, 2.05) is 54.6 Å². The van der Waals surface area contributed by atoms with E-state index in [4.69, 9.17) is 9.47 Å². The Morgan fingerprint density at radius 3 is 2.34 bits per heavy atom. The van der Waals surface area contributed by atoms with Crippen LogP contribution in [0.5, 0.6) is 17.4 Å². The van der Waals surface area contributed by atoms with E-state index in [-0.39, 0.29) is 0 Å². The largest absolute Gasteiger partial charge is 0.494 e. The van der Waals surface area contributed by atoms with Gasteiger partial charge in [-0.05, 0) is 80.6 Å². The van der Waals surface area contributed by atoms with Crippen LogP contribution in [0.4, 0.5) is 0 Å². The second kappa shape index (κ2) is 11.6. The predicted molar refractivity (Wildman–Crippen MR) is 124 cm³/mol. The minimum absolute atomic E-state index is 0.320. The molecule has 0 atom stereocenters. The molecule has 0 radical (unpaired) electrons. The number of ether oxygens (including phenoxy) is 2.